The van der Waals surface area contributed by atoms with Crippen LogP contribution in [0.25, 0.3) is 0 Å². The summed E-state index contributed by atoms with van der Waals surface area (Å²) in [7, 11) is 0. The molecule has 0 saturated heterocycles. The van der Waals surface area contributed by atoms with Gasteiger partial charge in [0.25, 0.3) is 0 Å². The van der Waals surface area contributed by atoms with Crippen LogP contribution in [0.15, 0.2) is 21.2 Å². The molecule has 0 aromatic carbocycles. The number of alkyl halides is 2. The topological polar surface area (TPSA) is 81.7 Å². The third-order valence-electron chi connectivity index (χ3n) is 1.52. The van der Waals surface area contributed by atoms with Crippen molar-refractivity contribution in [2.75, 3.05) is 5.34 Å². The van der Waals surface area contributed by atoms with Gasteiger partial charge in [0.05, 0.1) is 5.34 Å². The Kier molecular flexibility index (Phi) is 6.87. The molecule has 0 heterocycles. The van der Waals surface area contributed by atoms with Gasteiger partial charge >= 0.3 is 0 Å². The Labute approximate surface area is 117 Å². The number of carbonyl (C=O) groups excluding carboxylic acids is 2. The summed E-state index contributed by atoms with van der Waals surface area (Å²) in [5.74, 6) is -1.79. The molecule has 0 N–H and O–H groups in total. The highest BCUT2D eigenvalue weighted by Crippen LogP contribution is 2.28. The number of hydrogen-bond donors (Lipinski definition) is 0. The van der Waals surface area contributed by atoms with Crippen LogP contribution >= 0.6 is 46.4 Å². The highest BCUT2D eigenvalue weighted by Gasteiger charge is 2.33. The molecule has 0 aromatic heterocycles. The summed E-state index contributed by atoms with van der Waals surface area (Å²) in [6.45, 7) is 0. The molecule has 0 aromatic rings. The Bertz CT molecular complexity index is 464. The summed E-state index contributed by atoms with van der Waals surface area (Å²) < 4.78 is 0. The SMILES string of the molecule is ClCCl.N#CC1=C(C#N)C(=O)C(Cl)=C(Cl)C1=O. The molecule has 0 unspecified atom stereocenters. The Morgan fingerprint density at radius 1 is 0.882 bits per heavy atom. The van der Waals surface area contributed by atoms with E-state index in [2.05, 4.69) is 0 Å². The minimum absolute atomic E-state index is 0.194. The smallest absolute Gasteiger partial charge is 0.218 e. The zero-order chi connectivity index (χ0) is 13.6. The average Bonchev–Trinajstić information content (AvgIpc) is 2.31. The van der Waals surface area contributed by atoms with E-state index in [1.807, 2.05) is 0 Å². The van der Waals surface area contributed by atoms with Gasteiger partial charge < -0.3 is 0 Å². The van der Waals surface area contributed by atoms with Gasteiger partial charge in [-0.3, -0.25) is 9.59 Å². The summed E-state index contributed by atoms with van der Waals surface area (Å²) in [6.07, 6.45) is 0. The predicted molar refractivity (Wildman–Crippen MR) is 63.6 cm³/mol. The second kappa shape index (κ2) is 7.32. The summed E-state index contributed by atoms with van der Waals surface area (Å²) in [4.78, 5) is 22.4. The quantitative estimate of drug-likeness (QED) is 0.508. The third-order valence-corrected chi connectivity index (χ3v) is 2.34. The van der Waals surface area contributed by atoms with Gasteiger partial charge in [0.15, 0.2) is 0 Å². The van der Waals surface area contributed by atoms with Crippen molar-refractivity contribution in [2.45, 2.75) is 0 Å². The molecule has 0 saturated carbocycles. The lowest BCUT2D eigenvalue weighted by Gasteiger charge is -2.08. The van der Waals surface area contributed by atoms with Crippen molar-refractivity contribution in [3.8, 4) is 12.1 Å². The van der Waals surface area contributed by atoms with E-state index in [1.54, 1.807) is 0 Å². The summed E-state index contributed by atoms with van der Waals surface area (Å²) in [5.41, 5.74) is -1.13. The number of Topliss-reactive ketones (excluding diaryl/α,β-unsaturated/α-hetero) is 2. The van der Waals surface area contributed by atoms with Crippen LogP contribution < -0.4 is 0 Å². The van der Waals surface area contributed by atoms with Crippen LogP contribution in [0.5, 0.6) is 0 Å². The molecule has 17 heavy (non-hydrogen) atoms. The standard InChI is InChI=1S/C8Cl2N2O2.CH2Cl2/c9-5-6(10)8(14)4(2-12)3(1-11)7(5)13;2-1-3/h;1H2. The fourth-order valence-electron chi connectivity index (χ4n) is 0.859. The number of rotatable bonds is 0. The van der Waals surface area contributed by atoms with Crippen molar-refractivity contribution in [2.24, 2.45) is 0 Å². The number of carbonyl (C=O) groups is 2. The van der Waals surface area contributed by atoms with Gasteiger partial charge in [-0.15, -0.1) is 23.2 Å². The minimum atomic E-state index is -0.893. The van der Waals surface area contributed by atoms with E-state index in [9.17, 15) is 9.59 Å². The number of allylic oxidation sites excluding steroid dienone is 4. The number of nitriles is 2. The van der Waals surface area contributed by atoms with Crippen LogP contribution in [0.2, 0.25) is 0 Å². The normalized spacial score (nSPS) is 14.9. The zero-order valence-electron chi connectivity index (χ0n) is 7.93. The summed E-state index contributed by atoms with van der Waals surface area (Å²) in [6, 6.07) is 2.89. The number of halogens is 4. The lowest BCUT2D eigenvalue weighted by molar-refractivity contribution is -0.115. The average molecular weight is 312 g/mol. The van der Waals surface area contributed by atoms with E-state index in [-0.39, 0.29) is 5.34 Å². The van der Waals surface area contributed by atoms with Crippen LogP contribution in [-0.2, 0) is 9.59 Å². The van der Waals surface area contributed by atoms with Gasteiger partial charge in [-0.05, 0) is 0 Å². The molecule has 4 nitrogen and oxygen atoms in total. The van der Waals surface area contributed by atoms with E-state index in [4.69, 9.17) is 56.9 Å². The van der Waals surface area contributed by atoms with E-state index >= 15 is 0 Å². The van der Waals surface area contributed by atoms with Gasteiger partial charge in [0, 0.05) is 0 Å². The van der Waals surface area contributed by atoms with Crippen molar-refractivity contribution < 1.29 is 9.59 Å². The monoisotopic (exact) mass is 310 g/mol. The summed E-state index contributed by atoms with van der Waals surface area (Å²) in [5, 5.41) is 16.2. The first kappa shape index (κ1) is 16.0. The fourth-order valence-corrected chi connectivity index (χ4v) is 1.22. The van der Waals surface area contributed by atoms with Crippen LogP contribution in [0.1, 0.15) is 0 Å². The zero-order valence-corrected chi connectivity index (χ0v) is 11.0. The van der Waals surface area contributed by atoms with Crippen molar-refractivity contribution >= 4 is 58.0 Å². The van der Waals surface area contributed by atoms with E-state index in [0.29, 0.717) is 0 Å². The third kappa shape index (κ3) is 3.46. The van der Waals surface area contributed by atoms with Crippen LogP contribution in [0.3, 0.4) is 0 Å². The van der Waals surface area contributed by atoms with Gasteiger partial charge in [-0.25, -0.2) is 0 Å². The molecule has 0 radical (unpaired) electrons. The van der Waals surface area contributed by atoms with Crippen LogP contribution in [0, 0.1) is 22.7 Å². The van der Waals surface area contributed by atoms with Gasteiger partial charge in [0.1, 0.15) is 33.3 Å². The van der Waals surface area contributed by atoms with E-state index < -0.39 is 32.8 Å². The molecule has 0 spiro atoms. The summed E-state index contributed by atoms with van der Waals surface area (Å²) >= 11 is 20.3. The fraction of sp³-hybridized carbons (Fsp3) is 0.111. The highest BCUT2D eigenvalue weighted by atomic mass is 35.5. The van der Waals surface area contributed by atoms with Crippen LogP contribution in [-0.4, -0.2) is 16.9 Å². The van der Waals surface area contributed by atoms with E-state index in [0.717, 1.165) is 0 Å². The molecule has 0 bridgehead atoms. The molecule has 0 atom stereocenters. The molecule has 1 aliphatic carbocycles. The maximum Gasteiger partial charge on any atom is 0.218 e. The molecule has 1 aliphatic rings. The molecular formula is C9H2Cl4N2O2. The molecular weight excluding hydrogens is 310 g/mol. The highest BCUT2D eigenvalue weighted by molar-refractivity contribution is 6.59. The first-order valence-corrected chi connectivity index (χ1v) is 5.59. The van der Waals surface area contributed by atoms with Crippen molar-refractivity contribution in [1.29, 1.82) is 10.5 Å². The van der Waals surface area contributed by atoms with Crippen LogP contribution in [0.4, 0.5) is 0 Å². The molecule has 0 aliphatic heterocycles. The maximum absolute atomic E-state index is 11.2. The lowest BCUT2D eigenvalue weighted by atomic mass is 9.96. The lowest BCUT2D eigenvalue weighted by Crippen LogP contribution is -2.18. The number of hydrogen-bond acceptors (Lipinski definition) is 4. The molecule has 8 heteroatoms. The molecule has 1 rings (SSSR count). The molecule has 88 valence electrons. The number of ketones is 2. The predicted octanol–water partition coefficient (Wildman–Crippen LogP) is 2.59. The largest absolute Gasteiger partial charge is 0.287 e. The Morgan fingerprint density at radius 3 is 1.29 bits per heavy atom. The second-order valence-corrected chi connectivity index (χ2v) is 3.92. The Hall–Kier alpha value is -1.04. The first-order chi connectivity index (χ1) is 7.95. The van der Waals surface area contributed by atoms with Gasteiger partial charge in [-0.1, -0.05) is 23.2 Å². The maximum atomic E-state index is 11.2. The molecule has 0 fully saturated rings. The Morgan fingerprint density at radius 2 is 1.12 bits per heavy atom. The van der Waals surface area contributed by atoms with Gasteiger partial charge in [0.2, 0.25) is 11.6 Å². The molecule has 0 amide bonds. The van der Waals surface area contributed by atoms with Crippen molar-refractivity contribution in [3.05, 3.63) is 21.2 Å². The number of nitrogens with zero attached hydrogens (tertiary/aromatic N) is 2. The second-order valence-electron chi connectivity index (χ2n) is 2.36. The first-order valence-electron chi connectivity index (χ1n) is 3.77. The minimum Gasteiger partial charge on any atom is -0.287 e. The van der Waals surface area contributed by atoms with Crippen molar-refractivity contribution in [1.82, 2.24) is 0 Å². The van der Waals surface area contributed by atoms with Gasteiger partial charge in [-0.2, -0.15) is 10.5 Å². The van der Waals surface area contributed by atoms with Crippen molar-refractivity contribution in [3.63, 3.8) is 0 Å². The van der Waals surface area contributed by atoms with E-state index in [1.165, 1.54) is 12.1 Å². The Balaban J connectivity index is 0.000000770.